The van der Waals surface area contributed by atoms with Crippen molar-refractivity contribution in [3.05, 3.63) is 59.4 Å². The highest BCUT2D eigenvalue weighted by molar-refractivity contribution is 9.10. The van der Waals surface area contributed by atoms with E-state index in [1.807, 2.05) is 46.5 Å². The van der Waals surface area contributed by atoms with Gasteiger partial charge in [0.1, 0.15) is 0 Å². The predicted molar refractivity (Wildman–Crippen MR) is 125 cm³/mol. The van der Waals surface area contributed by atoms with Crippen molar-refractivity contribution < 1.29 is 4.74 Å². The smallest absolute Gasteiger partial charge is 0.299 e. The normalized spacial score (nSPS) is 11.2. The van der Waals surface area contributed by atoms with E-state index in [0.29, 0.717) is 47.8 Å². The lowest BCUT2D eigenvalue weighted by Crippen LogP contribution is -2.08. The lowest BCUT2D eigenvalue weighted by atomic mass is 10.2. The van der Waals surface area contributed by atoms with Gasteiger partial charge in [0.25, 0.3) is 6.01 Å². The van der Waals surface area contributed by atoms with Crippen LogP contribution in [-0.2, 0) is 13.1 Å². The fourth-order valence-corrected chi connectivity index (χ4v) is 3.85. The van der Waals surface area contributed by atoms with Crippen molar-refractivity contribution in [2.24, 2.45) is 0 Å². The number of benzene rings is 1. The van der Waals surface area contributed by atoms with Gasteiger partial charge in [-0.1, -0.05) is 34.1 Å². The minimum absolute atomic E-state index is 0.301. The van der Waals surface area contributed by atoms with Crippen molar-refractivity contribution in [3.8, 4) is 17.7 Å². The molecule has 0 spiro atoms. The molecule has 0 saturated carbocycles. The molecule has 8 nitrogen and oxygen atoms in total. The van der Waals surface area contributed by atoms with E-state index in [0.717, 1.165) is 29.4 Å². The molecule has 0 aliphatic rings. The van der Waals surface area contributed by atoms with Crippen molar-refractivity contribution >= 4 is 32.9 Å². The zero-order chi connectivity index (χ0) is 21.8. The predicted octanol–water partition coefficient (Wildman–Crippen LogP) is 4.45. The first-order chi connectivity index (χ1) is 15.1. The van der Waals surface area contributed by atoms with Crippen LogP contribution >= 0.6 is 15.9 Å². The highest BCUT2D eigenvalue weighted by Crippen LogP contribution is 2.28. The quantitative estimate of drug-likeness (QED) is 0.280. The number of unbranched alkanes of at least 4 members (excludes halogenated alkanes) is 1. The van der Waals surface area contributed by atoms with Crippen LogP contribution in [0.15, 0.2) is 53.8 Å². The van der Waals surface area contributed by atoms with Gasteiger partial charge in [-0.2, -0.15) is 4.98 Å². The Morgan fingerprint density at radius 3 is 2.90 bits per heavy atom. The molecule has 9 heteroatoms. The van der Waals surface area contributed by atoms with Gasteiger partial charge < -0.3 is 15.0 Å². The molecule has 0 atom stereocenters. The van der Waals surface area contributed by atoms with Gasteiger partial charge in [-0.05, 0) is 37.5 Å². The third-order valence-corrected chi connectivity index (χ3v) is 5.31. The Morgan fingerprint density at radius 1 is 1.26 bits per heavy atom. The SMILES string of the molecule is C=CCCCn1ccnc1-c1nc(N)c2nc(OCC)n(Cc3cccc(Br)c3)c2n1. The summed E-state index contributed by atoms with van der Waals surface area (Å²) < 4.78 is 10.7. The van der Waals surface area contributed by atoms with Gasteiger partial charge in [0.05, 0.1) is 13.2 Å². The standard InChI is InChI=1S/C22H24BrN7O/c1-3-5-6-11-29-12-10-25-21(29)19-27-18(24)17-20(28-19)30(22(26-17)31-4-2)14-15-8-7-9-16(23)13-15/h3,7-10,12-13H,1,4-6,11,14H2,2H3,(H2,24,27,28). The molecule has 3 heterocycles. The molecule has 0 unspecified atom stereocenters. The second kappa shape index (κ2) is 9.30. The van der Waals surface area contributed by atoms with E-state index >= 15 is 0 Å². The molecule has 4 rings (SSSR count). The first-order valence-electron chi connectivity index (χ1n) is 10.1. The number of anilines is 1. The second-order valence-corrected chi connectivity index (χ2v) is 7.94. The van der Waals surface area contributed by atoms with Crippen LogP contribution in [-0.4, -0.2) is 35.7 Å². The van der Waals surface area contributed by atoms with Crippen molar-refractivity contribution in [2.75, 3.05) is 12.3 Å². The van der Waals surface area contributed by atoms with Gasteiger partial charge in [-0.25, -0.2) is 15.0 Å². The first kappa shape index (κ1) is 21.0. The number of ether oxygens (including phenoxy) is 1. The average molecular weight is 482 g/mol. The molecule has 2 N–H and O–H groups in total. The molecule has 0 aliphatic heterocycles. The van der Waals surface area contributed by atoms with Crippen LogP contribution in [0.4, 0.5) is 5.82 Å². The van der Waals surface area contributed by atoms with Crippen molar-refractivity contribution in [2.45, 2.75) is 32.9 Å². The summed E-state index contributed by atoms with van der Waals surface area (Å²) in [5.74, 6) is 1.44. The highest BCUT2D eigenvalue weighted by atomic mass is 79.9. The van der Waals surface area contributed by atoms with Gasteiger partial charge in [-0.3, -0.25) is 4.57 Å². The number of hydrogen-bond donors (Lipinski definition) is 1. The minimum atomic E-state index is 0.301. The van der Waals surface area contributed by atoms with Gasteiger partial charge >= 0.3 is 0 Å². The lowest BCUT2D eigenvalue weighted by molar-refractivity contribution is 0.301. The number of allylic oxidation sites excluding steroid dienone is 1. The van der Waals surface area contributed by atoms with Crippen LogP contribution in [0, 0.1) is 0 Å². The fourth-order valence-electron chi connectivity index (χ4n) is 3.40. The van der Waals surface area contributed by atoms with Crippen molar-refractivity contribution in [3.63, 3.8) is 0 Å². The summed E-state index contributed by atoms with van der Waals surface area (Å²) in [6.07, 6.45) is 7.47. The van der Waals surface area contributed by atoms with E-state index in [1.54, 1.807) is 6.20 Å². The van der Waals surface area contributed by atoms with E-state index in [-0.39, 0.29) is 0 Å². The zero-order valence-corrected chi connectivity index (χ0v) is 18.9. The zero-order valence-electron chi connectivity index (χ0n) is 17.3. The van der Waals surface area contributed by atoms with E-state index in [4.69, 9.17) is 15.5 Å². The van der Waals surface area contributed by atoms with E-state index in [9.17, 15) is 0 Å². The fraction of sp³-hybridized carbons (Fsp3) is 0.273. The van der Waals surface area contributed by atoms with E-state index < -0.39 is 0 Å². The van der Waals surface area contributed by atoms with Crippen LogP contribution < -0.4 is 10.5 Å². The molecule has 3 aromatic heterocycles. The molecular weight excluding hydrogens is 458 g/mol. The third-order valence-electron chi connectivity index (χ3n) is 4.81. The summed E-state index contributed by atoms with van der Waals surface area (Å²) >= 11 is 3.53. The molecule has 0 saturated heterocycles. The number of aromatic nitrogens is 6. The summed E-state index contributed by atoms with van der Waals surface area (Å²) in [4.78, 5) is 18.3. The molecule has 31 heavy (non-hydrogen) atoms. The number of aryl methyl sites for hydroxylation is 1. The molecule has 0 radical (unpaired) electrons. The highest BCUT2D eigenvalue weighted by Gasteiger charge is 2.20. The summed E-state index contributed by atoms with van der Waals surface area (Å²) in [5.41, 5.74) is 8.51. The first-order valence-corrected chi connectivity index (χ1v) is 10.9. The maximum Gasteiger partial charge on any atom is 0.299 e. The number of fused-ring (bicyclic) bond motifs is 1. The molecule has 1 aromatic carbocycles. The number of halogens is 1. The maximum absolute atomic E-state index is 6.29. The largest absolute Gasteiger partial charge is 0.465 e. The molecule has 0 fully saturated rings. The Hall–Kier alpha value is -3.20. The van der Waals surface area contributed by atoms with Crippen molar-refractivity contribution in [1.29, 1.82) is 0 Å². The average Bonchev–Trinajstić information content (AvgIpc) is 3.34. The molecule has 4 aromatic rings. The van der Waals surface area contributed by atoms with E-state index in [1.165, 1.54) is 0 Å². The second-order valence-electron chi connectivity index (χ2n) is 7.02. The summed E-state index contributed by atoms with van der Waals surface area (Å²) in [7, 11) is 0. The van der Waals surface area contributed by atoms with Crippen LogP contribution in [0.5, 0.6) is 6.01 Å². The molecule has 160 valence electrons. The number of nitrogen functional groups attached to an aromatic ring is 1. The Labute approximate surface area is 188 Å². The Bertz CT molecular complexity index is 1210. The summed E-state index contributed by atoms with van der Waals surface area (Å²) in [5, 5.41) is 0. The molecule has 0 bridgehead atoms. The van der Waals surface area contributed by atoms with E-state index in [2.05, 4.69) is 43.5 Å². The third kappa shape index (κ3) is 4.46. The molecular formula is C22H24BrN7O. The Balaban J connectivity index is 1.80. The maximum atomic E-state index is 6.29. The van der Waals surface area contributed by atoms with Gasteiger partial charge in [0.15, 0.2) is 28.6 Å². The Kier molecular flexibility index (Phi) is 6.31. The summed E-state index contributed by atoms with van der Waals surface area (Å²) in [6.45, 7) is 7.52. The number of nitrogens with zero attached hydrogens (tertiary/aromatic N) is 6. The van der Waals surface area contributed by atoms with Crippen LogP contribution in [0.25, 0.3) is 22.8 Å². The van der Waals surface area contributed by atoms with Crippen LogP contribution in [0.1, 0.15) is 25.3 Å². The molecule has 0 aliphatic carbocycles. The number of hydrogen-bond acceptors (Lipinski definition) is 6. The lowest BCUT2D eigenvalue weighted by Gasteiger charge is -2.10. The van der Waals surface area contributed by atoms with Gasteiger partial charge in [0.2, 0.25) is 0 Å². The van der Waals surface area contributed by atoms with Crippen molar-refractivity contribution in [1.82, 2.24) is 29.1 Å². The van der Waals surface area contributed by atoms with Crippen LogP contribution in [0.2, 0.25) is 0 Å². The van der Waals surface area contributed by atoms with Crippen LogP contribution in [0.3, 0.4) is 0 Å². The number of imidazole rings is 2. The van der Waals surface area contributed by atoms with Gasteiger partial charge in [0, 0.05) is 23.4 Å². The number of nitrogens with two attached hydrogens (primary N) is 1. The summed E-state index contributed by atoms with van der Waals surface area (Å²) in [6, 6.07) is 8.55. The topological polar surface area (TPSA) is 96.7 Å². The monoisotopic (exact) mass is 481 g/mol. The molecule has 0 amide bonds. The van der Waals surface area contributed by atoms with Gasteiger partial charge in [-0.15, -0.1) is 6.58 Å². The Morgan fingerprint density at radius 2 is 2.13 bits per heavy atom. The minimum Gasteiger partial charge on any atom is -0.465 e. The number of rotatable bonds is 9.